The molecule has 2 N–H and O–H groups in total. The quantitative estimate of drug-likeness (QED) is 0.485. The summed E-state index contributed by atoms with van der Waals surface area (Å²) in [7, 11) is 1.58. The molecule has 0 spiro atoms. The molecule has 0 aromatic heterocycles. The van der Waals surface area contributed by atoms with Crippen LogP contribution in [0.1, 0.15) is 12.0 Å². The minimum Gasteiger partial charge on any atom is -0.506 e. The Morgan fingerprint density at radius 3 is 2.57 bits per heavy atom. The number of nitrogens with zero attached hydrogens (tertiary/aromatic N) is 1. The summed E-state index contributed by atoms with van der Waals surface area (Å²) in [4.78, 5) is 22.0. The highest BCUT2D eigenvalue weighted by molar-refractivity contribution is 5.92. The van der Waals surface area contributed by atoms with Gasteiger partial charge in [-0.15, -0.1) is 0 Å². The lowest BCUT2D eigenvalue weighted by atomic mass is 10.1. The molecule has 0 aliphatic heterocycles. The van der Waals surface area contributed by atoms with Gasteiger partial charge >= 0.3 is 0 Å². The molecule has 2 aromatic carbocycles. The Labute approximate surface area is 132 Å². The standard InChI is InChI=1S/C16H16N2O5/c1-23-13-6-2-11(3-7-13)4-9-16(20)17-14-10-12(18(21)22)5-8-15(14)19/h2-3,5-8,10,19H,4,9H2,1H3,(H,17,20). The maximum atomic E-state index is 11.9. The molecule has 1 amide bonds. The van der Waals surface area contributed by atoms with Crippen molar-refractivity contribution in [2.24, 2.45) is 0 Å². The van der Waals surface area contributed by atoms with Gasteiger partial charge in [-0.1, -0.05) is 12.1 Å². The number of carbonyl (C=O) groups excluding carboxylic acids is 1. The van der Waals surface area contributed by atoms with Gasteiger partial charge in [0.05, 0.1) is 17.7 Å². The summed E-state index contributed by atoms with van der Waals surface area (Å²) in [6.45, 7) is 0. The minimum absolute atomic E-state index is 0.0268. The number of amides is 1. The molecule has 7 heteroatoms. The molecule has 0 heterocycles. The lowest BCUT2D eigenvalue weighted by molar-refractivity contribution is -0.384. The number of phenolic OH excluding ortho intramolecular Hbond substituents is 1. The summed E-state index contributed by atoms with van der Waals surface area (Å²) in [5, 5.41) is 22.9. The number of nitro benzene ring substituents is 1. The molecule has 0 aliphatic rings. The van der Waals surface area contributed by atoms with E-state index in [9.17, 15) is 20.0 Å². The average molecular weight is 316 g/mol. The molecule has 0 saturated heterocycles. The summed E-state index contributed by atoms with van der Waals surface area (Å²) in [6, 6.07) is 10.8. The third kappa shape index (κ3) is 4.44. The summed E-state index contributed by atoms with van der Waals surface area (Å²) < 4.78 is 5.06. The molecular weight excluding hydrogens is 300 g/mol. The lowest BCUT2D eigenvalue weighted by Crippen LogP contribution is -2.12. The normalized spacial score (nSPS) is 10.1. The minimum atomic E-state index is -0.591. The van der Waals surface area contributed by atoms with Crippen molar-refractivity contribution in [3.63, 3.8) is 0 Å². The molecule has 7 nitrogen and oxygen atoms in total. The first kappa shape index (κ1) is 16.3. The number of carbonyl (C=O) groups is 1. The zero-order valence-electron chi connectivity index (χ0n) is 12.5. The Bertz CT molecular complexity index is 713. The van der Waals surface area contributed by atoms with Crippen LogP contribution in [0.2, 0.25) is 0 Å². The molecule has 0 unspecified atom stereocenters. The predicted molar refractivity (Wildman–Crippen MR) is 84.7 cm³/mol. The number of non-ortho nitro benzene ring substituents is 1. The number of phenols is 1. The highest BCUT2D eigenvalue weighted by Crippen LogP contribution is 2.28. The second-order valence-corrected chi connectivity index (χ2v) is 4.85. The average Bonchev–Trinajstić information content (AvgIpc) is 2.55. The van der Waals surface area contributed by atoms with E-state index >= 15 is 0 Å². The first-order valence-corrected chi connectivity index (χ1v) is 6.90. The number of nitrogens with one attached hydrogen (secondary N) is 1. The molecule has 0 fully saturated rings. The molecule has 2 rings (SSSR count). The van der Waals surface area contributed by atoms with Gasteiger partial charge in [0.25, 0.3) is 5.69 Å². The first-order valence-electron chi connectivity index (χ1n) is 6.90. The Morgan fingerprint density at radius 2 is 1.96 bits per heavy atom. The van der Waals surface area contributed by atoms with Crippen molar-refractivity contribution in [3.8, 4) is 11.5 Å². The van der Waals surface area contributed by atoms with Crippen molar-refractivity contribution in [3.05, 3.63) is 58.1 Å². The van der Waals surface area contributed by atoms with Crippen LogP contribution in [0.15, 0.2) is 42.5 Å². The van der Waals surface area contributed by atoms with Crippen LogP contribution in [0.25, 0.3) is 0 Å². The highest BCUT2D eigenvalue weighted by atomic mass is 16.6. The van der Waals surface area contributed by atoms with Crippen molar-refractivity contribution in [2.45, 2.75) is 12.8 Å². The molecule has 0 saturated carbocycles. The van der Waals surface area contributed by atoms with Gasteiger partial charge in [-0.25, -0.2) is 0 Å². The van der Waals surface area contributed by atoms with Gasteiger partial charge < -0.3 is 15.2 Å². The van der Waals surface area contributed by atoms with Crippen molar-refractivity contribution < 1.29 is 19.6 Å². The Morgan fingerprint density at radius 1 is 1.26 bits per heavy atom. The maximum absolute atomic E-state index is 11.9. The van der Waals surface area contributed by atoms with Gasteiger partial charge in [0.2, 0.25) is 5.91 Å². The van der Waals surface area contributed by atoms with Crippen LogP contribution in [-0.4, -0.2) is 23.0 Å². The number of ether oxygens (including phenoxy) is 1. The Kier molecular flexibility index (Phi) is 5.14. The zero-order valence-corrected chi connectivity index (χ0v) is 12.5. The zero-order chi connectivity index (χ0) is 16.8. The monoisotopic (exact) mass is 316 g/mol. The van der Waals surface area contributed by atoms with E-state index in [1.165, 1.54) is 12.1 Å². The third-order valence-electron chi connectivity index (χ3n) is 3.26. The number of hydrogen-bond acceptors (Lipinski definition) is 5. The van der Waals surface area contributed by atoms with Crippen LogP contribution in [0.3, 0.4) is 0 Å². The van der Waals surface area contributed by atoms with E-state index < -0.39 is 4.92 Å². The van der Waals surface area contributed by atoms with Crippen LogP contribution in [0, 0.1) is 10.1 Å². The number of rotatable bonds is 6. The smallest absolute Gasteiger partial charge is 0.271 e. The number of aromatic hydroxyl groups is 1. The van der Waals surface area contributed by atoms with E-state index in [2.05, 4.69) is 5.32 Å². The molecule has 0 aliphatic carbocycles. The van der Waals surface area contributed by atoms with E-state index in [4.69, 9.17) is 4.74 Å². The van der Waals surface area contributed by atoms with Gasteiger partial charge in [-0.3, -0.25) is 14.9 Å². The van der Waals surface area contributed by atoms with Crippen molar-refractivity contribution in [2.75, 3.05) is 12.4 Å². The highest BCUT2D eigenvalue weighted by Gasteiger charge is 2.12. The van der Waals surface area contributed by atoms with Crippen LogP contribution in [-0.2, 0) is 11.2 Å². The van der Waals surface area contributed by atoms with Crippen molar-refractivity contribution in [1.29, 1.82) is 0 Å². The van der Waals surface area contributed by atoms with Gasteiger partial charge in [-0.05, 0) is 30.2 Å². The first-order chi connectivity index (χ1) is 11.0. The fourth-order valence-electron chi connectivity index (χ4n) is 2.00. The van der Waals surface area contributed by atoms with E-state index in [-0.39, 0.29) is 29.5 Å². The number of anilines is 1. The number of methoxy groups -OCH3 is 1. The van der Waals surface area contributed by atoms with Gasteiger partial charge in [0, 0.05) is 18.6 Å². The number of nitro groups is 1. The molecule has 0 atom stereocenters. The van der Waals surface area contributed by atoms with Crippen LogP contribution in [0.5, 0.6) is 11.5 Å². The second kappa shape index (κ2) is 7.26. The predicted octanol–water partition coefficient (Wildman–Crippen LogP) is 2.88. The van der Waals surface area contributed by atoms with E-state index in [1.807, 2.05) is 12.1 Å². The molecule has 120 valence electrons. The lowest BCUT2D eigenvalue weighted by Gasteiger charge is -2.07. The van der Waals surface area contributed by atoms with Gasteiger partial charge in [-0.2, -0.15) is 0 Å². The Balaban J connectivity index is 1.96. The topological polar surface area (TPSA) is 102 Å². The number of hydrogen-bond donors (Lipinski definition) is 2. The summed E-state index contributed by atoms with van der Waals surface area (Å²) >= 11 is 0. The SMILES string of the molecule is COc1ccc(CCC(=O)Nc2cc([N+](=O)[O-])ccc2O)cc1. The van der Waals surface area contributed by atoms with Crippen LogP contribution >= 0.6 is 0 Å². The summed E-state index contributed by atoms with van der Waals surface area (Å²) in [5.41, 5.74) is 0.788. The summed E-state index contributed by atoms with van der Waals surface area (Å²) in [5.74, 6) is 0.185. The largest absolute Gasteiger partial charge is 0.506 e. The Hall–Kier alpha value is -3.09. The van der Waals surface area contributed by atoms with Gasteiger partial charge in [0.15, 0.2) is 0 Å². The van der Waals surface area contributed by atoms with E-state index in [0.717, 1.165) is 17.4 Å². The molecule has 23 heavy (non-hydrogen) atoms. The number of benzene rings is 2. The van der Waals surface area contributed by atoms with E-state index in [0.29, 0.717) is 6.42 Å². The number of aryl methyl sites for hydroxylation is 1. The second-order valence-electron chi connectivity index (χ2n) is 4.85. The van der Waals surface area contributed by atoms with Crippen molar-refractivity contribution in [1.82, 2.24) is 0 Å². The maximum Gasteiger partial charge on any atom is 0.271 e. The van der Waals surface area contributed by atoms with Crippen LogP contribution < -0.4 is 10.1 Å². The molecule has 2 aromatic rings. The van der Waals surface area contributed by atoms with Crippen LogP contribution in [0.4, 0.5) is 11.4 Å². The molecule has 0 bridgehead atoms. The molecule has 0 radical (unpaired) electrons. The third-order valence-corrected chi connectivity index (χ3v) is 3.26. The summed E-state index contributed by atoms with van der Waals surface area (Å²) in [6.07, 6.45) is 0.694. The van der Waals surface area contributed by atoms with Crippen molar-refractivity contribution >= 4 is 17.3 Å². The molecular formula is C16H16N2O5. The fraction of sp³-hybridized carbons (Fsp3) is 0.188. The fourth-order valence-corrected chi connectivity index (χ4v) is 2.00. The van der Waals surface area contributed by atoms with E-state index in [1.54, 1.807) is 19.2 Å². The van der Waals surface area contributed by atoms with Gasteiger partial charge in [0.1, 0.15) is 11.5 Å².